The predicted molar refractivity (Wildman–Crippen MR) is 529 cm³/mol. The molecule has 8 saturated heterocycles. The average molecular weight is 2000 g/mol. The van der Waals surface area contributed by atoms with Crippen LogP contribution in [0.1, 0.15) is 85.8 Å². The van der Waals surface area contributed by atoms with Crippen LogP contribution in [0.3, 0.4) is 0 Å². The number of cyclic esters (lactones) is 1. The van der Waals surface area contributed by atoms with Crippen LogP contribution in [0.2, 0.25) is 0 Å². The number of ether oxygens (including phenoxy) is 13. The molecular weight excluding hydrogens is 1890 g/mol. The van der Waals surface area contributed by atoms with Crippen molar-refractivity contribution in [2.24, 2.45) is 29.6 Å². The molecule has 28 heteroatoms. The van der Waals surface area contributed by atoms with Crippen molar-refractivity contribution in [2.45, 2.75) is 220 Å². The molecule has 11 aromatic carbocycles. The summed E-state index contributed by atoms with van der Waals surface area (Å²) in [6.45, 7) is 15.5. The topological polar surface area (TPSA) is 283 Å². The highest BCUT2D eigenvalue weighted by molar-refractivity contribution is 8.00. The first-order valence-electron chi connectivity index (χ1n) is 47.6. The van der Waals surface area contributed by atoms with Gasteiger partial charge in [-0.2, -0.15) is 8.42 Å². The van der Waals surface area contributed by atoms with E-state index in [1.807, 2.05) is 97.0 Å². The van der Waals surface area contributed by atoms with Crippen molar-refractivity contribution in [3.05, 3.63) is 335 Å². The molecule has 17 unspecified atom stereocenters. The fourth-order valence-corrected chi connectivity index (χ4v) is 32.2. The van der Waals surface area contributed by atoms with Gasteiger partial charge in [-0.3, -0.25) is 13.8 Å². The lowest BCUT2D eigenvalue weighted by molar-refractivity contribution is -0.163. The lowest BCUT2D eigenvalue weighted by Crippen LogP contribution is -2.40. The van der Waals surface area contributed by atoms with Gasteiger partial charge in [0.15, 0.2) is 105 Å². The summed E-state index contributed by atoms with van der Waals surface area (Å²) in [7, 11) is -4.54. The third-order valence-corrected chi connectivity index (χ3v) is 37.8. The molecule has 11 aromatic rings. The highest BCUT2D eigenvalue weighted by Crippen LogP contribution is 2.56. The summed E-state index contributed by atoms with van der Waals surface area (Å²) in [5, 5.41) is -0.436. The lowest BCUT2D eigenvalue weighted by Gasteiger charge is -2.25. The third-order valence-electron chi connectivity index (χ3n) is 27.1. The molecule has 0 N–H and O–H groups in total. The maximum absolute atomic E-state index is 12.7. The molecule has 0 amide bonds. The van der Waals surface area contributed by atoms with Crippen LogP contribution in [0, 0.1) is 71.1 Å². The number of fused-ring (bicyclic) bond motifs is 3. The van der Waals surface area contributed by atoms with Gasteiger partial charge in [-0.1, -0.05) is 153 Å². The lowest BCUT2D eigenvalue weighted by atomic mass is 9.88. The summed E-state index contributed by atoms with van der Waals surface area (Å²) in [6.07, 6.45) is 0.687. The van der Waals surface area contributed by atoms with Crippen LogP contribution in [0.4, 0.5) is 0 Å². The Morgan fingerprint density at radius 2 is 0.681 bits per heavy atom. The molecule has 10 fully saturated rings. The van der Waals surface area contributed by atoms with Crippen molar-refractivity contribution >= 4 is 95.5 Å². The molecule has 6 bridgehead atoms. The van der Waals surface area contributed by atoms with Crippen LogP contribution in [0.15, 0.2) is 355 Å². The van der Waals surface area contributed by atoms with E-state index in [0.29, 0.717) is 42.9 Å². The number of allylic oxidation sites excluding steroid dienone is 4. The molecule has 22 rings (SSSR count). The summed E-state index contributed by atoms with van der Waals surface area (Å²) >= 11 is 0. The fraction of sp³-hybridized carbons (Fsp3) is 0.319. The average Bonchev–Trinajstić information content (AvgIpc) is 1.60. The van der Waals surface area contributed by atoms with Crippen LogP contribution in [-0.4, -0.2) is 156 Å². The zero-order valence-electron chi connectivity index (χ0n) is 79.2. The number of rotatable bonds is 28. The van der Waals surface area contributed by atoms with Crippen LogP contribution >= 0.6 is 0 Å². The standard InChI is InChI=1S/C29H29O6S2.C29H29O6S.C29H27O6S.C26H25O5S/c1-18-13-23(36(21-9-5-3-6-10-21)22-11-7-4-8-12-22)14-19(2)27(18)33-17-26(30)34-28-20-15-24-25(16-20)37(31,32)35-29(24)28;2*1-17-13-21(36(19-9-5-3-6-10-19)20-11-7-4-8-12-20)14-18(2)25(17)32-16-24(30)34-27-23-15-22-26(33-23)28(27)35-29(22)31;1-18-15-22(32(20-9-5-3-6-10-20)21-11-7-4-8-12-21)16-19(2)25(18)30-17-24(27)31-23-13-14-29-26(23)28/h3-14,20,24-25,28-29H,15-17H2,1-2H3;3-13,18,22-23,26-28H,14-16H2,1-2H3;3-14,22-23,26-28H,15-16H2,1-2H3;3-12,15-16,23H,13-14,17H2,1-2H3/q4*+1. The van der Waals surface area contributed by atoms with E-state index in [1.165, 1.54) is 58.8 Å². The molecule has 0 radical (unpaired) electrons. The second-order valence-corrected chi connectivity index (χ2v) is 46.8. The summed E-state index contributed by atoms with van der Waals surface area (Å²) in [6, 6.07) is 96.6. The normalized spacial score (nSPS) is 24.9. The third kappa shape index (κ3) is 21.1. The van der Waals surface area contributed by atoms with E-state index in [2.05, 4.69) is 244 Å². The van der Waals surface area contributed by atoms with E-state index >= 15 is 0 Å². The Kier molecular flexibility index (Phi) is 29.6. The monoisotopic (exact) mass is 1990 g/mol. The van der Waals surface area contributed by atoms with Crippen molar-refractivity contribution < 1.29 is 108 Å². The van der Waals surface area contributed by atoms with Crippen LogP contribution in [0.25, 0.3) is 0 Å². The van der Waals surface area contributed by atoms with Crippen molar-refractivity contribution in [2.75, 3.05) is 33.0 Å². The minimum Gasteiger partial charge on any atom is -0.486 e. The van der Waals surface area contributed by atoms with Gasteiger partial charge in [0.2, 0.25) is 6.10 Å². The molecule has 3 aliphatic carbocycles. The Morgan fingerprint density at radius 3 is 1.01 bits per heavy atom. The van der Waals surface area contributed by atoms with Gasteiger partial charge in [0, 0.05) is 67.0 Å². The van der Waals surface area contributed by atoms with Gasteiger partial charge in [-0.15, -0.1) is 0 Å². The highest BCUT2D eigenvalue weighted by atomic mass is 32.2. The number of hydrogen-bond acceptors (Lipinski definition) is 23. The first-order valence-corrected chi connectivity index (χ1v) is 53.9. The summed E-state index contributed by atoms with van der Waals surface area (Å²) in [5.41, 5.74) is 6.71. The second kappa shape index (κ2) is 42.8. The minimum absolute atomic E-state index is 0.0397. The van der Waals surface area contributed by atoms with Crippen molar-refractivity contribution in [3.8, 4) is 17.2 Å². The van der Waals surface area contributed by atoms with Gasteiger partial charge in [0.05, 0.1) is 79.5 Å². The maximum Gasteiger partial charge on any atom is 0.347 e. The Labute approximate surface area is 832 Å². The van der Waals surface area contributed by atoms with Crippen molar-refractivity contribution in [1.82, 2.24) is 0 Å². The summed E-state index contributed by atoms with van der Waals surface area (Å²) < 4.78 is 103. The van der Waals surface area contributed by atoms with Gasteiger partial charge in [0.1, 0.15) is 52.3 Å². The zero-order valence-corrected chi connectivity index (χ0v) is 83.2. The first kappa shape index (κ1) is 97.4. The Hall–Kier alpha value is -12.4. The molecule has 23 nitrogen and oxygen atoms in total. The zero-order chi connectivity index (χ0) is 97.9. The number of carbonyl (C=O) groups excluding carboxylic acids is 7. The number of carbonyl (C=O) groups is 7. The quantitative estimate of drug-likeness (QED) is 0.0190. The summed E-state index contributed by atoms with van der Waals surface area (Å²) in [4.78, 5) is 100. The van der Waals surface area contributed by atoms with Crippen molar-refractivity contribution in [3.63, 3.8) is 0 Å². The number of aryl methyl sites for hydroxylation is 6. The largest absolute Gasteiger partial charge is 0.486 e. The van der Waals surface area contributed by atoms with E-state index in [1.54, 1.807) is 0 Å². The molecule has 0 spiro atoms. The molecule has 11 aliphatic rings. The first-order chi connectivity index (χ1) is 68.3. The van der Waals surface area contributed by atoms with Crippen LogP contribution in [-0.2, 0) is 139 Å². The minimum atomic E-state index is -3.54. The van der Waals surface area contributed by atoms with Gasteiger partial charge in [-0.05, 0) is 216 Å². The smallest absolute Gasteiger partial charge is 0.347 e. The summed E-state index contributed by atoms with van der Waals surface area (Å²) in [5.74, 6) is -0.535. The second-order valence-electron chi connectivity index (χ2n) is 36.9. The van der Waals surface area contributed by atoms with E-state index in [4.69, 9.17) is 65.8 Å². The fourth-order valence-electron chi connectivity index (χ4n) is 21.1. The molecule has 8 heterocycles. The predicted octanol–water partition coefficient (Wildman–Crippen LogP) is 18.4. The Bertz CT molecular complexity index is 6400. The van der Waals surface area contributed by atoms with E-state index in [9.17, 15) is 42.0 Å². The number of hydrogen-bond donors (Lipinski definition) is 0. The van der Waals surface area contributed by atoms with Crippen LogP contribution < -0.4 is 14.2 Å². The Morgan fingerprint density at radius 1 is 0.362 bits per heavy atom. The Balaban J connectivity index is 0.000000120. The van der Waals surface area contributed by atoms with Gasteiger partial charge < -0.3 is 61.6 Å². The molecular formula is C113H110O23S5+4. The van der Waals surface area contributed by atoms with E-state index in [0.717, 1.165) is 57.6 Å². The molecule has 141 heavy (non-hydrogen) atoms. The number of esters is 7. The maximum atomic E-state index is 12.7. The number of benzene rings is 11. The molecule has 0 aromatic heterocycles. The SMILES string of the molecule is CC1=C(OCC(=O)OC2C3CC4C(=O)OC2C4O3)C(C)CC([S+](c2ccccc2)c2ccccc2)=C1.Cc1cc([S+](c2ccccc2)c2ccccc2)cc(C)c1OCC(=O)OC1C2CC3C(=O)OC1C3O2.Cc1cc([S+](c2ccccc2)c2ccccc2)cc(C)c1OCC(=O)OC1C2CC3C1OS(=O)(=O)C3C2.Cc1cc([S+](c2ccccc2)c2ccccc2)cc(C)c1OCC(=O)OC1CCOC1=O. The van der Waals surface area contributed by atoms with Gasteiger partial charge in [0.25, 0.3) is 10.1 Å². The molecule has 17 atom stereocenters. The van der Waals surface area contributed by atoms with E-state index in [-0.39, 0.29) is 143 Å². The van der Waals surface area contributed by atoms with Gasteiger partial charge >= 0.3 is 41.8 Å². The van der Waals surface area contributed by atoms with E-state index < -0.39 is 87.9 Å². The molecule has 726 valence electrons. The molecule has 2 saturated carbocycles. The van der Waals surface area contributed by atoms with Crippen LogP contribution in [0.5, 0.6) is 17.2 Å². The molecule has 8 aliphatic heterocycles. The van der Waals surface area contributed by atoms with Crippen molar-refractivity contribution in [1.29, 1.82) is 0 Å². The van der Waals surface area contributed by atoms with Gasteiger partial charge in [-0.25, -0.2) is 24.0 Å². The highest BCUT2D eigenvalue weighted by Gasteiger charge is 2.68.